The Morgan fingerprint density at radius 2 is 2.21 bits per heavy atom. The predicted molar refractivity (Wildman–Crippen MR) is 61.3 cm³/mol. The molecule has 0 radical (unpaired) electrons. The van der Waals surface area contributed by atoms with Crippen molar-refractivity contribution in [2.45, 2.75) is 6.42 Å². The van der Waals surface area contributed by atoms with Gasteiger partial charge in [-0.15, -0.1) is 0 Å². The van der Waals surface area contributed by atoms with Crippen molar-refractivity contribution in [3.8, 4) is 0 Å². The van der Waals surface area contributed by atoms with E-state index in [9.17, 15) is 0 Å². The quantitative estimate of drug-likeness (QED) is 0.784. The molecule has 0 unspecified atom stereocenters. The number of hydrogen-bond donors (Lipinski definition) is 1. The SMILES string of the molecule is CN(C)c1ccc(C=CCCN)cn1. The van der Waals surface area contributed by atoms with E-state index in [0.29, 0.717) is 6.54 Å². The van der Waals surface area contributed by atoms with Gasteiger partial charge < -0.3 is 10.6 Å². The minimum atomic E-state index is 0.694. The molecule has 1 aromatic rings. The summed E-state index contributed by atoms with van der Waals surface area (Å²) >= 11 is 0. The van der Waals surface area contributed by atoms with Gasteiger partial charge in [0.05, 0.1) is 0 Å². The zero-order chi connectivity index (χ0) is 10.4. The molecule has 0 aliphatic rings. The molecule has 76 valence electrons. The molecule has 0 saturated heterocycles. The van der Waals surface area contributed by atoms with E-state index in [-0.39, 0.29) is 0 Å². The molecule has 0 aliphatic heterocycles. The summed E-state index contributed by atoms with van der Waals surface area (Å²) < 4.78 is 0. The molecule has 2 N–H and O–H groups in total. The van der Waals surface area contributed by atoms with E-state index in [0.717, 1.165) is 17.8 Å². The maximum absolute atomic E-state index is 5.38. The van der Waals surface area contributed by atoms with Gasteiger partial charge >= 0.3 is 0 Å². The molecule has 1 rings (SSSR count). The Morgan fingerprint density at radius 1 is 1.43 bits per heavy atom. The molecule has 0 fully saturated rings. The first-order chi connectivity index (χ1) is 6.74. The van der Waals surface area contributed by atoms with Crippen LogP contribution in [0.5, 0.6) is 0 Å². The molecule has 0 saturated carbocycles. The molecule has 0 amide bonds. The summed E-state index contributed by atoms with van der Waals surface area (Å²) in [7, 11) is 3.96. The highest BCUT2D eigenvalue weighted by Gasteiger charge is 1.94. The van der Waals surface area contributed by atoms with Crippen molar-refractivity contribution in [1.82, 2.24) is 4.98 Å². The highest BCUT2D eigenvalue weighted by Crippen LogP contribution is 2.08. The summed E-state index contributed by atoms with van der Waals surface area (Å²) in [6.45, 7) is 0.694. The van der Waals surface area contributed by atoms with Gasteiger partial charge in [0.2, 0.25) is 0 Å². The molecule has 0 spiro atoms. The van der Waals surface area contributed by atoms with Gasteiger partial charge in [-0.25, -0.2) is 4.98 Å². The lowest BCUT2D eigenvalue weighted by atomic mass is 10.2. The van der Waals surface area contributed by atoms with Crippen molar-refractivity contribution in [1.29, 1.82) is 0 Å². The molecular weight excluding hydrogens is 174 g/mol. The van der Waals surface area contributed by atoms with Crippen LogP contribution in [-0.2, 0) is 0 Å². The van der Waals surface area contributed by atoms with Crippen LogP contribution in [0.25, 0.3) is 6.08 Å². The lowest BCUT2D eigenvalue weighted by molar-refractivity contribution is 1.01. The standard InChI is InChI=1S/C11H17N3/c1-14(2)11-7-6-10(9-13-11)5-3-4-8-12/h3,5-7,9H,4,8,12H2,1-2H3. The maximum Gasteiger partial charge on any atom is 0.127 e. The maximum atomic E-state index is 5.38. The molecule has 14 heavy (non-hydrogen) atoms. The Bertz CT molecular complexity index is 288. The van der Waals surface area contributed by atoms with Crippen LogP contribution in [-0.4, -0.2) is 25.6 Å². The average molecular weight is 191 g/mol. The van der Waals surface area contributed by atoms with Gasteiger partial charge in [-0.05, 0) is 30.7 Å². The molecule has 1 aromatic heterocycles. The number of nitrogens with two attached hydrogens (primary N) is 1. The Kier molecular flexibility index (Phi) is 4.13. The summed E-state index contributed by atoms with van der Waals surface area (Å²) in [6, 6.07) is 4.05. The minimum absolute atomic E-state index is 0.694. The van der Waals surface area contributed by atoms with Gasteiger partial charge in [-0.3, -0.25) is 0 Å². The van der Waals surface area contributed by atoms with E-state index >= 15 is 0 Å². The Hall–Kier alpha value is -1.35. The van der Waals surface area contributed by atoms with Gasteiger partial charge in [-0.1, -0.05) is 12.2 Å². The fourth-order valence-corrected chi connectivity index (χ4v) is 1.08. The summed E-state index contributed by atoms with van der Waals surface area (Å²) in [5.74, 6) is 0.973. The largest absolute Gasteiger partial charge is 0.363 e. The molecule has 0 atom stereocenters. The van der Waals surface area contributed by atoms with Crippen molar-refractivity contribution >= 4 is 11.9 Å². The number of aromatic nitrogens is 1. The van der Waals surface area contributed by atoms with Crippen LogP contribution >= 0.6 is 0 Å². The van der Waals surface area contributed by atoms with Crippen molar-refractivity contribution in [3.05, 3.63) is 30.0 Å². The summed E-state index contributed by atoms with van der Waals surface area (Å²) in [5.41, 5.74) is 6.50. The van der Waals surface area contributed by atoms with E-state index < -0.39 is 0 Å². The van der Waals surface area contributed by atoms with Gasteiger partial charge in [0.15, 0.2) is 0 Å². The smallest absolute Gasteiger partial charge is 0.127 e. The molecule has 1 heterocycles. The molecule has 0 aliphatic carbocycles. The van der Waals surface area contributed by atoms with E-state index in [4.69, 9.17) is 5.73 Å². The molecule has 0 aromatic carbocycles. The summed E-state index contributed by atoms with van der Waals surface area (Å²) in [4.78, 5) is 6.28. The number of hydrogen-bond acceptors (Lipinski definition) is 3. The van der Waals surface area contributed by atoms with E-state index in [1.54, 1.807) is 0 Å². The van der Waals surface area contributed by atoms with Gasteiger partial charge in [-0.2, -0.15) is 0 Å². The van der Waals surface area contributed by atoms with Gasteiger partial charge in [0.1, 0.15) is 5.82 Å². The van der Waals surface area contributed by atoms with Crippen LogP contribution < -0.4 is 10.6 Å². The van der Waals surface area contributed by atoms with Crippen LogP contribution in [0.3, 0.4) is 0 Å². The summed E-state index contributed by atoms with van der Waals surface area (Å²) in [5, 5.41) is 0. The van der Waals surface area contributed by atoms with Crippen LogP contribution in [0.1, 0.15) is 12.0 Å². The molecule has 0 bridgehead atoms. The molecule has 3 nitrogen and oxygen atoms in total. The van der Waals surface area contributed by atoms with Gasteiger partial charge in [0.25, 0.3) is 0 Å². The summed E-state index contributed by atoms with van der Waals surface area (Å²) in [6.07, 6.45) is 6.88. The van der Waals surface area contributed by atoms with Crippen LogP contribution in [0.2, 0.25) is 0 Å². The van der Waals surface area contributed by atoms with Crippen LogP contribution in [0.4, 0.5) is 5.82 Å². The third-order valence-electron chi connectivity index (χ3n) is 1.87. The van der Waals surface area contributed by atoms with E-state index in [1.807, 2.05) is 37.3 Å². The number of anilines is 1. The lowest BCUT2D eigenvalue weighted by Gasteiger charge is -2.10. The fourth-order valence-electron chi connectivity index (χ4n) is 1.08. The first kappa shape index (κ1) is 10.7. The number of nitrogens with zero attached hydrogens (tertiary/aromatic N) is 2. The third kappa shape index (κ3) is 3.18. The minimum Gasteiger partial charge on any atom is -0.363 e. The van der Waals surface area contributed by atoms with Crippen molar-refractivity contribution in [2.75, 3.05) is 25.5 Å². The number of pyridine rings is 1. The highest BCUT2D eigenvalue weighted by atomic mass is 15.1. The Morgan fingerprint density at radius 3 is 2.71 bits per heavy atom. The number of rotatable bonds is 4. The van der Waals surface area contributed by atoms with Gasteiger partial charge in [0, 0.05) is 20.3 Å². The van der Waals surface area contributed by atoms with E-state index in [1.165, 1.54) is 0 Å². The zero-order valence-corrected chi connectivity index (χ0v) is 8.77. The van der Waals surface area contributed by atoms with Crippen molar-refractivity contribution < 1.29 is 0 Å². The first-order valence-corrected chi connectivity index (χ1v) is 4.74. The second-order valence-electron chi connectivity index (χ2n) is 3.32. The monoisotopic (exact) mass is 191 g/mol. The topological polar surface area (TPSA) is 42.1 Å². The normalized spacial score (nSPS) is 10.8. The van der Waals surface area contributed by atoms with E-state index in [2.05, 4.69) is 17.1 Å². The fraction of sp³-hybridized carbons (Fsp3) is 0.364. The van der Waals surface area contributed by atoms with Crippen LogP contribution in [0, 0.1) is 0 Å². The second-order valence-corrected chi connectivity index (χ2v) is 3.32. The zero-order valence-electron chi connectivity index (χ0n) is 8.77. The lowest BCUT2D eigenvalue weighted by Crippen LogP contribution is -2.09. The Balaban J connectivity index is 2.64. The second kappa shape index (κ2) is 5.40. The third-order valence-corrected chi connectivity index (χ3v) is 1.87. The highest BCUT2D eigenvalue weighted by molar-refractivity contribution is 5.50. The predicted octanol–water partition coefficient (Wildman–Crippen LogP) is 1.51. The first-order valence-electron chi connectivity index (χ1n) is 4.74. The van der Waals surface area contributed by atoms with Crippen LogP contribution in [0.15, 0.2) is 24.4 Å². The van der Waals surface area contributed by atoms with Crippen molar-refractivity contribution in [3.63, 3.8) is 0 Å². The Labute approximate surface area is 85.3 Å². The molecular formula is C11H17N3. The average Bonchev–Trinajstić information content (AvgIpc) is 2.19. The molecule has 3 heteroatoms. The van der Waals surface area contributed by atoms with Crippen molar-refractivity contribution in [2.24, 2.45) is 5.73 Å².